The predicted molar refractivity (Wildman–Crippen MR) is 69.1 cm³/mol. The summed E-state index contributed by atoms with van der Waals surface area (Å²) in [6.07, 6.45) is 4.14. The van der Waals surface area contributed by atoms with E-state index in [0.29, 0.717) is 6.04 Å². The third kappa shape index (κ3) is 3.41. The van der Waals surface area contributed by atoms with E-state index < -0.39 is 0 Å². The maximum absolute atomic E-state index is 5.39. The van der Waals surface area contributed by atoms with Gasteiger partial charge in [0.05, 0.1) is 0 Å². The number of ether oxygens (including phenoxy) is 1. The fourth-order valence-corrected chi connectivity index (χ4v) is 2.25. The summed E-state index contributed by atoms with van der Waals surface area (Å²) >= 11 is 0. The lowest BCUT2D eigenvalue weighted by Gasteiger charge is -2.31. The van der Waals surface area contributed by atoms with Gasteiger partial charge in [-0.25, -0.2) is 4.98 Å². The molecule has 0 spiro atoms. The Hall–Kier alpha value is -1.13. The van der Waals surface area contributed by atoms with Gasteiger partial charge >= 0.3 is 0 Å². The minimum absolute atomic E-state index is 0.648. The van der Waals surface area contributed by atoms with Gasteiger partial charge in [0, 0.05) is 39.0 Å². The summed E-state index contributed by atoms with van der Waals surface area (Å²) in [7, 11) is 4.09. The Morgan fingerprint density at radius 2 is 2.24 bits per heavy atom. The number of rotatable bonds is 4. The fraction of sp³-hybridized carbons (Fsp3) is 0.615. The molecule has 0 aromatic carbocycles. The molecule has 0 amide bonds. The molecule has 17 heavy (non-hydrogen) atoms. The van der Waals surface area contributed by atoms with Crippen LogP contribution < -0.4 is 5.32 Å². The monoisotopic (exact) mass is 235 g/mol. The van der Waals surface area contributed by atoms with Gasteiger partial charge in [0.2, 0.25) is 0 Å². The molecule has 94 valence electrons. The van der Waals surface area contributed by atoms with Crippen molar-refractivity contribution in [2.75, 3.05) is 32.6 Å². The van der Waals surface area contributed by atoms with Gasteiger partial charge in [0.25, 0.3) is 0 Å². The number of pyridine rings is 1. The van der Waals surface area contributed by atoms with Crippen molar-refractivity contribution in [3.05, 3.63) is 23.9 Å². The van der Waals surface area contributed by atoms with Crippen LogP contribution in [0.3, 0.4) is 0 Å². The van der Waals surface area contributed by atoms with E-state index in [1.807, 2.05) is 13.2 Å². The highest BCUT2D eigenvalue weighted by Gasteiger charge is 2.18. The van der Waals surface area contributed by atoms with Crippen LogP contribution in [-0.4, -0.2) is 43.2 Å². The van der Waals surface area contributed by atoms with E-state index in [1.54, 1.807) is 0 Å². The maximum Gasteiger partial charge on any atom is 0.125 e. The molecule has 1 fully saturated rings. The Bertz CT molecular complexity index is 350. The lowest BCUT2D eigenvalue weighted by Crippen LogP contribution is -2.36. The molecule has 4 nitrogen and oxygen atoms in total. The first kappa shape index (κ1) is 12.3. The molecule has 1 N–H and O–H groups in total. The van der Waals surface area contributed by atoms with Gasteiger partial charge < -0.3 is 10.1 Å². The number of nitrogens with zero attached hydrogens (tertiary/aromatic N) is 2. The van der Waals surface area contributed by atoms with Gasteiger partial charge in [-0.2, -0.15) is 0 Å². The molecule has 0 atom stereocenters. The second-order valence-electron chi connectivity index (χ2n) is 4.56. The van der Waals surface area contributed by atoms with Gasteiger partial charge in [-0.3, -0.25) is 4.90 Å². The largest absolute Gasteiger partial charge is 0.381 e. The summed E-state index contributed by atoms with van der Waals surface area (Å²) in [6.45, 7) is 2.77. The summed E-state index contributed by atoms with van der Waals surface area (Å²) < 4.78 is 5.39. The van der Waals surface area contributed by atoms with Crippen molar-refractivity contribution in [2.24, 2.45) is 0 Å². The van der Waals surface area contributed by atoms with Gasteiger partial charge in [-0.1, -0.05) is 0 Å². The third-order valence-corrected chi connectivity index (χ3v) is 3.33. The standard InChI is InChI=1S/C13H21N3O/c1-14-13-9-11(3-6-15-13)10-16(2)12-4-7-17-8-5-12/h3,6,9,12H,4-5,7-8,10H2,1-2H3,(H,14,15). The van der Waals surface area contributed by atoms with Crippen LogP contribution in [0.2, 0.25) is 0 Å². The molecule has 2 rings (SSSR count). The van der Waals surface area contributed by atoms with E-state index >= 15 is 0 Å². The van der Waals surface area contributed by atoms with Crippen LogP contribution in [0.1, 0.15) is 18.4 Å². The van der Waals surface area contributed by atoms with E-state index in [-0.39, 0.29) is 0 Å². The smallest absolute Gasteiger partial charge is 0.125 e. The summed E-state index contributed by atoms with van der Waals surface area (Å²) in [5.41, 5.74) is 1.30. The number of hydrogen-bond donors (Lipinski definition) is 1. The zero-order chi connectivity index (χ0) is 12.1. The van der Waals surface area contributed by atoms with E-state index in [4.69, 9.17) is 4.74 Å². The van der Waals surface area contributed by atoms with E-state index in [9.17, 15) is 0 Å². The summed E-state index contributed by atoms with van der Waals surface area (Å²) in [5, 5.41) is 3.07. The van der Waals surface area contributed by atoms with E-state index in [2.05, 4.69) is 34.4 Å². The summed E-state index contributed by atoms with van der Waals surface area (Å²) in [4.78, 5) is 6.64. The minimum Gasteiger partial charge on any atom is -0.381 e. The zero-order valence-electron chi connectivity index (χ0n) is 10.6. The number of aromatic nitrogens is 1. The van der Waals surface area contributed by atoms with E-state index in [0.717, 1.165) is 38.4 Å². The van der Waals surface area contributed by atoms with Crippen molar-refractivity contribution in [1.29, 1.82) is 0 Å². The molecule has 0 saturated carbocycles. The molecule has 1 aliphatic heterocycles. The number of anilines is 1. The fourth-order valence-electron chi connectivity index (χ4n) is 2.25. The molecular weight excluding hydrogens is 214 g/mol. The van der Waals surface area contributed by atoms with Crippen LogP contribution in [0, 0.1) is 0 Å². The lowest BCUT2D eigenvalue weighted by molar-refractivity contribution is 0.0407. The zero-order valence-corrected chi connectivity index (χ0v) is 10.6. The average molecular weight is 235 g/mol. The summed E-state index contributed by atoms with van der Waals surface area (Å²) in [6, 6.07) is 4.84. The quantitative estimate of drug-likeness (QED) is 0.862. The first-order chi connectivity index (χ1) is 8.29. The molecular formula is C13H21N3O. The SMILES string of the molecule is CNc1cc(CN(C)C2CCOCC2)ccn1. The molecule has 1 aromatic heterocycles. The average Bonchev–Trinajstić information content (AvgIpc) is 2.40. The van der Waals surface area contributed by atoms with Crippen molar-refractivity contribution in [3.63, 3.8) is 0 Å². The van der Waals surface area contributed by atoms with Crippen molar-refractivity contribution >= 4 is 5.82 Å². The van der Waals surface area contributed by atoms with Crippen LogP contribution in [0.25, 0.3) is 0 Å². The number of hydrogen-bond acceptors (Lipinski definition) is 4. The molecule has 1 aromatic rings. The summed E-state index contributed by atoms with van der Waals surface area (Å²) in [5.74, 6) is 0.933. The Balaban J connectivity index is 1.94. The first-order valence-electron chi connectivity index (χ1n) is 6.20. The molecule has 0 bridgehead atoms. The van der Waals surface area contributed by atoms with Gasteiger partial charge in [-0.05, 0) is 37.6 Å². The number of nitrogens with one attached hydrogen (secondary N) is 1. The van der Waals surface area contributed by atoms with Gasteiger partial charge in [-0.15, -0.1) is 0 Å². The molecule has 1 aliphatic rings. The van der Waals surface area contributed by atoms with Crippen LogP contribution in [0.15, 0.2) is 18.3 Å². The first-order valence-corrected chi connectivity index (χ1v) is 6.20. The van der Waals surface area contributed by atoms with Gasteiger partial charge in [0.15, 0.2) is 0 Å². The second-order valence-corrected chi connectivity index (χ2v) is 4.56. The van der Waals surface area contributed by atoms with Crippen LogP contribution in [0.5, 0.6) is 0 Å². The highest BCUT2D eigenvalue weighted by molar-refractivity contribution is 5.36. The van der Waals surface area contributed by atoms with Gasteiger partial charge in [0.1, 0.15) is 5.82 Å². The Morgan fingerprint density at radius 3 is 2.94 bits per heavy atom. The topological polar surface area (TPSA) is 37.4 Å². The van der Waals surface area contributed by atoms with Crippen molar-refractivity contribution in [1.82, 2.24) is 9.88 Å². The van der Waals surface area contributed by atoms with Crippen LogP contribution >= 0.6 is 0 Å². The van der Waals surface area contributed by atoms with Crippen molar-refractivity contribution in [2.45, 2.75) is 25.4 Å². The molecule has 1 saturated heterocycles. The van der Waals surface area contributed by atoms with Crippen molar-refractivity contribution in [3.8, 4) is 0 Å². The second kappa shape index (κ2) is 5.98. The highest BCUT2D eigenvalue weighted by atomic mass is 16.5. The lowest BCUT2D eigenvalue weighted by atomic mass is 10.1. The Labute approximate surface area is 103 Å². The maximum atomic E-state index is 5.39. The molecule has 2 heterocycles. The highest BCUT2D eigenvalue weighted by Crippen LogP contribution is 2.16. The normalized spacial score (nSPS) is 17.4. The minimum atomic E-state index is 0.648. The predicted octanol–water partition coefficient (Wildman–Crippen LogP) is 1.73. The van der Waals surface area contributed by atoms with E-state index in [1.165, 1.54) is 5.56 Å². The molecule has 0 unspecified atom stereocenters. The molecule has 4 heteroatoms. The third-order valence-electron chi connectivity index (χ3n) is 3.33. The van der Waals surface area contributed by atoms with Crippen LogP contribution in [-0.2, 0) is 11.3 Å². The molecule has 0 aliphatic carbocycles. The molecule has 0 radical (unpaired) electrons. The Kier molecular flexibility index (Phi) is 4.34. The van der Waals surface area contributed by atoms with Crippen molar-refractivity contribution < 1.29 is 4.74 Å². The Morgan fingerprint density at radius 1 is 1.47 bits per heavy atom. The van der Waals surface area contributed by atoms with Crippen LogP contribution in [0.4, 0.5) is 5.82 Å².